The molecule has 1 saturated heterocycles. The van der Waals surface area contributed by atoms with Gasteiger partial charge in [-0.1, -0.05) is 25.4 Å². The highest BCUT2D eigenvalue weighted by Gasteiger charge is 2.39. The van der Waals surface area contributed by atoms with Gasteiger partial charge in [0.25, 0.3) is 11.2 Å². The van der Waals surface area contributed by atoms with E-state index >= 15 is 0 Å². The number of halogens is 1. The maximum absolute atomic E-state index is 12.8. The van der Waals surface area contributed by atoms with Crippen molar-refractivity contribution in [2.45, 2.75) is 31.4 Å². The molecule has 1 aromatic carbocycles. The number of hydrogen-bond donors (Lipinski definition) is 0. The third kappa shape index (κ3) is 3.56. The maximum Gasteiger partial charge on any atom is 0.292 e. The van der Waals surface area contributed by atoms with Gasteiger partial charge in [0.15, 0.2) is 0 Å². The Balaban J connectivity index is 1.95. The van der Waals surface area contributed by atoms with Crippen LogP contribution < -0.4 is 10.5 Å². The molecule has 0 aliphatic carbocycles. The fraction of sp³-hybridized carbons (Fsp3) is 0.444. The summed E-state index contributed by atoms with van der Waals surface area (Å²) in [6.07, 6.45) is 3.07. The Morgan fingerprint density at radius 2 is 1.93 bits per heavy atom. The standard InChI is InChI=1S/C18H21ClN4O4S/c1-3-18(4-2)12-21(9-10-28(18)27)15-11-20-22(17(24)16(15)19)13-5-7-14(8-6-13)23(25)26/h5-8,11H,3-4,9-10,12H2,1-2H3. The first-order chi connectivity index (χ1) is 13.3. The Morgan fingerprint density at radius 1 is 1.29 bits per heavy atom. The van der Waals surface area contributed by atoms with E-state index in [1.807, 2.05) is 18.7 Å². The Morgan fingerprint density at radius 3 is 2.50 bits per heavy atom. The SMILES string of the molecule is CCC1(CC)CN(c2cnn(-c3ccc([N+](=O)[O-])cc3)c(=O)c2Cl)CCS1=O. The minimum absolute atomic E-state index is 0.0298. The van der Waals surface area contributed by atoms with Gasteiger partial charge >= 0.3 is 0 Å². The number of nitro groups is 1. The summed E-state index contributed by atoms with van der Waals surface area (Å²) >= 11 is 6.38. The van der Waals surface area contributed by atoms with Gasteiger partial charge in [-0.2, -0.15) is 9.78 Å². The lowest BCUT2D eigenvalue weighted by atomic mass is 10.0. The van der Waals surface area contributed by atoms with E-state index in [-0.39, 0.29) is 15.5 Å². The number of benzene rings is 1. The predicted molar refractivity (Wildman–Crippen MR) is 110 cm³/mol. The Kier molecular flexibility index (Phi) is 5.85. The summed E-state index contributed by atoms with van der Waals surface area (Å²) in [7, 11) is -0.927. The van der Waals surface area contributed by atoms with Crippen molar-refractivity contribution in [3.63, 3.8) is 0 Å². The molecule has 8 nitrogen and oxygen atoms in total. The van der Waals surface area contributed by atoms with Gasteiger partial charge < -0.3 is 4.90 Å². The number of non-ortho nitro benzene ring substituents is 1. The zero-order chi connectivity index (χ0) is 20.5. The normalized spacial score (nSPS) is 18.8. The van der Waals surface area contributed by atoms with E-state index in [0.717, 1.165) is 17.5 Å². The van der Waals surface area contributed by atoms with Crippen molar-refractivity contribution < 1.29 is 9.13 Å². The summed E-state index contributed by atoms with van der Waals surface area (Å²) in [6.45, 7) is 5.14. The van der Waals surface area contributed by atoms with Crippen LogP contribution >= 0.6 is 11.6 Å². The average Bonchev–Trinajstić information content (AvgIpc) is 2.71. The second kappa shape index (κ2) is 8.00. The van der Waals surface area contributed by atoms with Crippen LogP contribution in [0.3, 0.4) is 0 Å². The molecule has 1 fully saturated rings. The van der Waals surface area contributed by atoms with Crippen LogP contribution in [0.25, 0.3) is 5.69 Å². The van der Waals surface area contributed by atoms with Crippen LogP contribution in [0.4, 0.5) is 11.4 Å². The smallest absolute Gasteiger partial charge is 0.292 e. The average molecular weight is 425 g/mol. The number of nitro benzene ring substituents is 1. The highest BCUT2D eigenvalue weighted by Crippen LogP contribution is 2.33. The van der Waals surface area contributed by atoms with E-state index < -0.39 is 21.3 Å². The molecular formula is C18H21ClN4O4S. The van der Waals surface area contributed by atoms with Gasteiger partial charge in [-0.3, -0.25) is 19.1 Å². The van der Waals surface area contributed by atoms with Crippen LogP contribution in [0.5, 0.6) is 0 Å². The van der Waals surface area contributed by atoms with Crippen molar-refractivity contribution in [2.75, 3.05) is 23.7 Å². The van der Waals surface area contributed by atoms with Crippen molar-refractivity contribution in [3.05, 3.63) is 56.0 Å². The molecular weight excluding hydrogens is 404 g/mol. The zero-order valence-corrected chi connectivity index (χ0v) is 17.2. The van der Waals surface area contributed by atoms with Crippen LogP contribution in [0.2, 0.25) is 5.02 Å². The van der Waals surface area contributed by atoms with E-state index in [0.29, 0.717) is 30.2 Å². The Hall–Kier alpha value is -2.26. The number of aromatic nitrogens is 2. The first-order valence-electron chi connectivity index (χ1n) is 8.99. The van der Waals surface area contributed by atoms with Crippen molar-refractivity contribution in [1.29, 1.82) is 0 Å². The summed E-state index contributed by atoms with van der Waals surface area (Å²) in [6, 6.07) is 5.52. The lowest BCUT2D eigenvalue weighted by Gasteiger charge is -2.42. The molecule has 3 rings (SSSR count). The molecule has 0 amide bonds. The monoisotopic (exact) mass is 424 g/mol. The second-order valence-electron chi connectivity index (χ2n) is 6.70. The first kappa shape index (κ1) is 20.5. The van der Waals surface area contributed by atoms with Gasteiger partial charge in [-0.25, -0.2) is 0 Å². The molecule has 2 heterocycles. The number of rotatable bonds is 5. The summed E-state index contributed by atoms with van der Waals surface area (Å²) in [4.78, 5) is 25.0. The van der Waals surface area contributed by atoms with Crippen molar-refractivity contribution in [3.8, 4) is 5.69 Å². The topological polar surface area (TPSA) is 98.3 Å². The van der Waals surface area contributed by atoms with Gasteiger partial charge in [0.05, 0.1) is 27.2 Å². The predicted octanol–water partition coefficient (Wildman–Crippen LogP) is 2.92. The molecule has 2 aromatic rings. The summed E-state index contributed by atoms with van der Waals surface area (Å²) in [5.41, 5.74) is 0.336. The lowest BCUT2D eigenvalue weighted by molar-refractivity contribution is -0.384. The Bertz CT molecular complexity index is 973. The van der Waals surface area contributed by atoms with E-state index in [1.54, 1.807) is 0 Å². The van der Waals surface area contributed by atoms with E-state index in [1.165, 1.54) is 30.5 Å². The lowest BCUT2D eigenvalue weighted by Crippen LogP contribution is -2.53. The van der Waals surface area contributed by atoms with E-state index in [9.17, 15) is 19.1 Å². The summed E-state index contributed by atoms with van der Waals surface area (Å²) in [5, 5.41) is 15.0. The number of anilines is 1. The van der Waals surface area contributed by atoms with Crippen molar-refractivity contribution in [2.24, 2.45) is 0 Å². The molecule has 0 radical (unpaired) electrons. The molecule has 1 aromatic heterocycles. The third-order valence-corrected chi connectivity index (χ3v) is 7.92. The maximum atomic E-state index is 12.8. The minimum atomic E-state index is -0.927. The largest absolute Gasteiger partial charge is 0.366 e. The van der Waals surface area contributed by atoms with Gasteiger partial charge in [0.1, 0.15) is 5.02 Å². The molecule has 0 spiro atoms. The van der Waals surface area contributed by atoms with Gasteiger partial charge in [-0.15, -0.1) is 0 Å². The van der Waals surface area contributed by atoms with Crippen LogP contribution in [-0.2, 0) is 10.8 Å². The van der Waals surface area contributed by atoms with Crippen LogP contribution in [-0.4, -0.2) is 42.5 Å². The van der Waals surface area contributed by atoms with Crippen molar-refractivity contribution in [1.82, 2.24) is 9.78 Å². The molecule has 0 N–H and O–H groups in total. The van der Waals surface area contributed by atoms with E-state index in [4.69, 9.17) is 11.6 Å². The highest BCUT2D eigenvalue weighted by molar-refractivity contribution is 7.86. The van der Waals surface area contributed by atoms with Gasteiger partial charge in [0.2, 0.25) is 0 Å². The van der Waals surface area contributed by atoms with E-state index in [2.05, 4.69) is 5.10 Å². The third-order valence-electron chi connectivity index (χ3n) is 5.34. The molecule has 10 heteroatoms. The van der Waals surface area contributed by atoms with Crippen LogP contribution in [0.15, 0.2) is 35.3 Å². The first-order valence-corrected chi connectivity index (χ1v) is 10.7. The van der Waals surface area contributed by atoms with Gasteiger partial charge in [-0.05, 0) is 25.0 Å². The zero-order valence-electron chi connectivity index (χ0n) is 15.6. The Labute approximate surface area is 169 Å². The minimum Gasteiger partial charge on any atom is -0.366 e. The summed E-state index contributed by atoms with van der Waals surface area (Å²) in [5.74, 6) is 0.517. The fourth-order valence-corrected chi connectivity index (χ4v) is 5.47. The van der Waals surface area contributed by atoms with Gasteiger partial charge in [0, 0.05) is 41.8 Å². The molecule has 150 valence electrons. The molecule has 0 bridgehead atoms. The summed E-state index contributed by atoms with van der Waals surface area (Å²) < 4.78 is 13.3. The molecule has 1 aliphatic heterocycles. The molecule has 1 aliphatic rings. The number of hydrogen-bond acceptors (Lipinski definition) is 6. The second-order valence-corrected chi connectivity index (χ2v) is 9.04. The number of nitrogens with zero attached hydrogens (tertiary/aromatic N) is 4. The molecule has 28 heavy (non-hydrogen) atoms. The van der Waals surface area contributed by atoms with Crippen LogP contribution in [0.1, 0.15) is 26.7 Å². The van der Waals surface area contributed by atoms with Crippen LogP contribution in [0, 0.1) is 10.1 Å². The molecule has 1 unspecified atom stereocenters. The quantitative estimate of drug-likeness (QED) is 0.540. The molecule has 0 saturated carbocycles. The fourth-order valence-electron chi connectivity index (χ4n) is 3.45. The molecule has 1 atom stereocenters. The highest BCUT2D eigenvalue weighted by atomic mass is 35.5. The van der Waals surface area contributed by atoms with Crippen molar-refractivity contribution >= 4 is 33.8 Å².